The minimum absolute atomic E-state index is 0.0983. The van der Waals surface area contributed by atoms with Crippen molar-refractivity contribution in [2.75, 3.05) is 13.2 Å². The maximum atomic E-state index is 11.4. The first-order valence-corrected chi connectivity index (χ1v) is 6.59. The van der Waals surface area contributed by atoms with Gasteiger partial charge < -0.3 is 13.9 Å². The van der Waals surface area contributed by atoms with E-state index in [2.05, 4.69) is 17.1 Å². The summed E-state index contributed by atoms with van der Waals surface area (Å²) >= 11 is 0. The van der Waals surface area contributed by atoms with E-state index in [4.69, 9.17) is 13.9 Å². The molecule has 20 heavy (non-hydrogen) atoms. The van der Waals surface area contributed by atoms with Crippen LogP contribution in [0.4, 0.5) is 0 Å². The molecule has 0 saturated heterocycles. The zero-order valence-electron chi connectivity index (χ0n) is 11.4. The molecule has 0 atom stereocenters. The molecule has 5 heteroatoms. The molecule has 0 unspecified atom stereocenters. The van der Waals surface area contributed by atoms with E-state index >= 15 is 0 Å². The van der Waals surface area contributed by atoms with E-state index < -0.39 is 5.97 Å². The fraction of sp³-hybridized carbons (Fsp3) is 0.333. The van der Waals surface area contributed by atoms with E-state index in [0.717, 1.165) is 12.8 Å². The molecular weight excluding hydrogens is 258 g/mol. The number of hydrogen-bond acceptors (Lipinski definition) is 5. The van der Waals surface area contributed by atoms with Gasteiger partial charge in [-0.05, 0) is 25.3 Å². The Morgan fingerprint density at radius 1 is 1.30 bits per heavy atom. The second-order valence-corrected chi connectivity index (χ2v) is 4.16. The lowest BCUT2D eigenvalue weighted by atomic mass is 10.1. The van der Waals surface area contributed by atoms with Gasteiger partial charge in [-0.25, -0.2) is 4.79 Å². The van der Waals surface area contributed by atoms with Crippen LogP contribution in [0.3, 0.4) is 0 Å². The highest BCUT2D eigenvalue weighted by Gasteiger charge is 2.13. The van der Waals surface area contributed by atoms with Crippen molar-refractivity contribution < 1.29 is 18.7 Å². The Hall–Kier alpha value is -2.30. The van der Waals surface area contributed by atoms with Crippen molar-refractivity contribution in [1.29, 1.82) is 0 Å². The Labute approximate surface area is 117 Å². The highest BCUT2D eigenvalue weighted by Crippen LogP contribution is 2.12. The molecule has 2 aromatic rings. The lowest BCUT2D eigenvalue weighted by Gasteiger charge is -2.01. The number of rotatable bonds is 7. The third-order valence-electron chi connectivity index (χ3n) is 2.65. The highest BCUT2D eigenvalue weighted by molar-refractivity contribution is 5.86. The molecule has 0 N–H and O–H groups in total. The fourth-order valence-corrected chi connectivity index (χ4v) is 1.70. The minimum atomic E-state index is -0.504. The number of ether oxygens (including phenoxy) is 2. The number of aryl methyl sites for hydroxylation is 1. The van der Waals surface area contributed by atoms with E-state index in [-0.39, 0.29) is 11.8 Å². The van der Waals surface area contributed by atoms with Crippen LogP contribution in [0.1, 0.15) is 29.4 Å². The van der Waals surface area contributed by atoms with Crippen LogP contribution in [0.5, 0.6) is 6.08 Å². The zero-order valence-corrected chi connectivity index (χ0v) is 11.4. The number of nitrogens with zero attached hydrogens (tertiary/aromatic N) is 1. The molecule has 0 amide bonds. The summed E-state index contributed by atoms with van der Waals surface area (Å²) in [5.41, 5.74) is 1.39. The molecule has 5 nitrogen and oxygen atoms in total. The maximum Gasteiger partial charge on any atom is 0.394 e. The molecule has 1 heterocycles. The summed E-state index contributed by atoms with van der Waals surface area (Å²) in [5.74, 6) is -0.504. The Kier molecular flexibility index (Phi) is 5.17. The smallest absolute Gasteiger partial charge is 0.394 e. The number of hydrogen-bond donors (Lipinski definition) is 0. The number of oxazole rings is 1. The number of aromatic nitrogens is 1. The molecule has 1 aromatic heterocycles. The first-order chi connectivity index (χ1) is 9.79. The predicted octanol–water partition coefficient (Wildman–Crippen LogP) is 2.86. The summed E-state index contributed by atoms with van der Waals surface area (Å²) in [6.07, 6.45) is 3.11. The summed E-state index contributed by atoms with van der Waals surface area (Å²) < 4.78 is 15.2. The number of benzene rings is 1. The highest BCUT2D eigenvalue weighted by atomic mass is 16.6. The SMILES string of the molecule is CCOC(=O)c1coc(OCCCc2ccccc2)n1. The summed E-state index contributed by atoms with van der Waals surface area (Å²) in [7, 11) is 0. The summed E-state index contributed by atoms with van der Waals surface area (Å²) in [6, 6.07) is 10.2. The average molecular weight is 275 g/mol. The third-order valence-corrected chi connectivity index (χ3v) is 2.65. The van der Waals surface area contributed by atoms with Gasteiger partial charge in [-0.3, -0.25) is 0 Å². The zero-order chi connectivity index (χ0) is 14.2. The third kappa shape index (κ3) is 4.12. The molecule has 0 fully saturated rings. The van der Waals surface area contributed by atoms with Gasteiger partial charge in [0.2, 0.25) is 0 Å². The van der Waals surface area contributed by atoms with Gasteiger partial charge in [0.1, 0.15) is 6.26 Å². The first kappa shape index (κ1) is 14.1. The van der Waals surface area contributed by atoms with Crippen LogP contribution >= 0.6 is 0 Å². The van der Waals surface area contributed by atoms with Crippen molar-refractivity contribution >= 4 is 5.97 Å². The second-order valence-electron chi connectivity index (χ2n) is 4.16. The van der Waals surface area contributed by atoms with Crippen LogP contribution in [0.15, 0.2) is 41.0 Å². The number of esters is 1. The van der Waals surface area contributed by atoms with Gasteiger partial charge in [-0.15, -0.1) is 0 Å². The van der Waals surface area contributed by atoms with Gasteiger partial charge in [-0.2, -0.15) is 4.98 Å². The van der Waals surface area contributed by atoms with Crippen LogP contribution < -0.4 is 4.74 Å². The normalized spacial score (nSPS) is 10.2. The fourth-order valence-electron chi connectivity index (χ4n) is 1.70. The molecule has 0 aliphatic heterocycles. The van der Waals surface area contributed by atoms with Crippen molar-refractivity contribution in [1.82, 2.24) is 4.98 Å². The summed E-state index contributed by atoms with van der Waals surface area (Å²) in [6.45, 7) is 2.52. The van der Waals surface area contributed by atoms with Gasteiger partial charge in [0.15, 0.2) is 5.69 Å². The molecule has 0 aliphatic rings. The Balaban J connectivity index is 1.73. The number of carbonyl (C=O) groups is 1. The van der Waals surface area contributed by atoms with Crippen LogP contribution in [-0.4, -0.2) is 24.2 Å². The van der Waals surface area contributed by atoms with Gasteiger partial charge >= 0.3 is 12.0 Å². The monoisotopic (exact) mass is 275 g/mol. The topological polar surface area (TPSA) is 61.6 Å². The second kappa shape index (κ2) is 7.33. The molecule has 0 bridgehead atoms. The first-order valence-electron chi connectivity index (χ1n) is 6.59. The van der Waals surface area contributed by atoms with E-state index in [0.29, 0.717) is 13.2 Å². The number of carbonyl (C=O) groups excluding carboxylic acids is 1. The Morgan fingerprint density at radius 3 is 2.85 bits per heavy atom. The van der Waals surface area contributed by atoms with Crippen molar-refractivity contribution in [3.05, 3.63) is 47.9 Å². The van der Waals surface area contributed by atoms with E-state index in [1.807, 2.05) is 18.2 Å². The lowest BCUT2D eigenvalue weighted by molar-refractivity contribution is 0.0519. The Bertz CT molecular complexity index is 536. The van der Waals surface area contributed by atoms with E-state index in [9.17, 15) is 4.79 Å². The van der Waals surface area contributed by atoms with Crippen LogP contribution in [0.2, 0.25) is 0 Å². The van der Waals surface area contributed by atoms with Crippen LogP contribution in [0.25, 0.3) is 0 Å². The molecule has 0 saturated carbocycles. The van der Waals surface area contributed by atoms with Crippen molar-refractivity contribution in [2.45, 2.75) is 19.8 Å². The summed E-state index contributed by atoms with van der Waals surface area (Å²) in [5, 5.41) is 0. The maximum absolute atomic E-state index is 11.4. The lowest BCUT2D eigenvalue weighted by Crippen LogP contribution is -2.05. The molecule has 0 spiro atoms. The molecule has 2 rings (SSSR count). The van der Waals surface area contributed by atoms with Crippen LogP contribution in [-0.2, 0) is 11.2 Å². The van der Waals surface area contributed by atoms with Gasteiger partial charge in [-0.1, -0.05) is 30.3 Å². The molecule has 0 aliphatic carbocycles. The predicted molar refractivity (Wildman–Crippen MR) is 72.7 cm³/mol. The van der Waals surface area contributed by atoms with Crippen LogP contribution in [0, 0.1) is 0 Å². The Morgan fingerprint density at radius 2 is 2.10 bits per heavy atom. The average Bonchev–Trinajstić information content (AvgIpc) is 2.94. The van der Waals surface area contributed by atoms with E-state index in [1.165, 1.54) is 11.8 Å². The van der Waals surface area contributed by atoms with E-state index in [1.54, 1.807) is 6.92 Å². The largest absolute Gasteiger partial charge is 0.461 e. The van der Waals surface area contributed by atoms with Gasteiger partial charge in [0.05, 0.1) is 13.2 Å². The molecule has 1 aromatic carbocycles. The standard InChI is InChI=1S/C15H17NO4/c1-2-18-14(17)13-11-20-15(16-13)19-10-6-9-12-7-4-3-5-8-12/h3-5,7-8,11H,2,6,9-10H2,1H3. The van der Waals surface area contributed by atoms with Crippen molar-refractivity contribution in [2.24, 2.45) is 0 Å². The molecule has 106 valence electrons. The molecular formula is C15H17NO4. The molecule has 0 radical (unpaired) electrons. The quantitative estimate of drug-likeness (QED) is 0.574. The van der Waals surface area contributed by atoms with Crippen molar-refractivity contribution in [3.63, 3.8) is 0 Å². The summed E-state index contributed by atoms with van der Waals surface area (Å²) in [4.78, 5) is 15.3. The van der Waals surface area contributed by atoms with Gasteiger partial charge in [0, 0.05) is 0 Å². The van der Waals surface area contributed by atoms with Crippen molar-refractivity contribution in [3.8, 4) is 6.08 Å². The minimum Gasteiger partial charge on any atom is -0.461 e. The van der Waals surface area contributed by atoms with Gasteiger partial charge in [0.25, 0.3) is 0 Å².